The number of nitrogens with one attached hydrogen (secondary N) is 1. The molecule has 0 radical (unpaired) electrons. The van der Waals surface area contributed by atoms with Crippen molar-refractivity contribution in [2.45, 2.75) is 26.3 Å². The van der Waals surface area contributed by atoms with Gasteiger partial charge in [-0.3, -0.25) is 0 Å². The van der Waals surface area contributed by atoms with E-state index < -0.39 is 23.8 Å². The maximum Gasteiger partial charge on any atom is 0.266 e. The zero-order valence-electron chi connectivity index (χ0n) is 19.8. The average molecular weight is 462 g/mol. The van der Waals surface area contributed by atoms with Crippen LogP contribution in [0.1, 0.15) is 36.3 Å². The van der Waals surface area contributed by atoms with E-state index in [9.17, 15) is 13.2 Å². The van der Waals surface area contributed by atoms with Crippen molar-refractivity contribution in [1.82, 2.24) is 14.9 Å². The summed E-state index contributed by atoms with van der Waals surface area (Å²) in [7, 11) is 7.61. The summed E-state index contributed by atoms with van der Waals surface area (Å²) >= 11 is 0. The van der Waals surface area contributed by atoms with Gasteiger partial charge in [-0.2, -0.15) is 0 Å². The van der Waals surface area contributed by atoms with Crippen molar-refractivity contribution in [3.05, 3.63) is 53.1 Å². The van der Waals surface area contributed by atoms with Crippen molar-refractivity contribution in [2.75, 3.05) is 51.6 Å². The van der Waals surface area contributed by atoms with Gasteiger partial charge in [-0.05, 0) is 40.1 Å². The number of aryl methyl sites for hydroxylation is 1. The van der Waals surface area contributed by atoms with Crippen molar-refractivity contribution < 1.29 is 17.9 Å². The highest BCUT2D eigenvalue weighted by Crippen LogP contribution is 2.36. The fraction of sp³-hybridized carbons (Fsp3) is 0.417. The van der Waals surface area contributed by atoms with Crippen LogP contribution in [0.4, 0.5) is 24.7 Å². The second kappa shape index (κ2) is 10.2. The number of fused-ring (bicyclic) bond motifs is 1. The minimum absolute atomic E-state index is 0.143. The fourth-order valence-electron chi connectivity index (χ4n) is 3.66. The Morgan fingerprint density at radius 1 is 1.06 bits per heavy atom. The minimum Gasteiger partial charge on any atom is -0.495 e. The number of hydrogen-bond donors (Lipinski definition) is 1. The van der Waals surface area contributed by atoms with Gasteiger partial charge >= 0.3 is 0 Å². The molecule has 0 unspecified atom stereocenters. The van der Waals surface area contributed by atoms with E-state index in [1.54, 1.807) is 21.0 Å². The van der Waals surface area contributed by atoms with Crippen LogP contribution in [0.5, 0.6) is 5.75 Å². The Morgan fingerprint density at radius 2 is 1.76 bits per heavy atom. The number of hydrogen-bond acceptors (Lipinski definition) is 6. The molecule has 0 saturated heterocycles. The smallest absolute Gasteiger partial charge is 0.266 e. The van der Waals surface area contributed by atoms with E-state index >= 15 is 0 Å². The lowest BCUT2D eigenvalue weighted by Crippen LogP contribution is -2.28. The van der Waals surface area contributed by atoms with E-state index in [0.717, 1.165) is 24.8 Å². The third kappa shape index (κ3) is 5.47. The highest BCUT2D eigenvalue weighted by molar-refractivity contribution is 5.94. The number of anilines is 2. The van der Waals surface area contributed by atoms with E-state index in [-0.39, 0.29) is 5.56 Å². The molecule has 0 aliphatic rings. The van der Waals surface area contributed by atoms with Gasteiger partial charge in [-0.25, -0.2) is 23.1 Å². The molecule has 6 nitrogen and oxygen atoms in total. The number of nitrogens with zero attached hydrogens (tertiary/aromatic N) is 4. The zero-order valence-corrected chi connectivity index (χ0v) is 19.8. The Hall–Kier alpha value is -3.07. The van der Waals surface area contributed by atoms with Gasteiger partial charge in [0.2, 0.25) is 0 Å². The van der Waals surface area contributed by atoms with E-state index in [1.165, 1.54) is 12.1 Å². The van der Waals surface area contributed by atoms with E-state index in [2.05, 4.69) is 25.1 Å². The van der Waals surface area contributed by atoms with Crippen LogP contribution in [0, 0.1) is 12.7 Å². The standard InChI is InChI=1S/C24H30F3N5O/c1-14(16-8-7-9-17(22(16)25)23(26)27)28-24-18-12-21(33-6)20(32(5)11-10-31(3)4)13-19(18)29-15(2)30-24/h7-9,12-14,23H,10-11H2,1-6H3,(H,28,29,30)/t14-/m1/s1. The summed E-state index contributed by atoms with van der Waals surface area (Å²) in [4.78, 5) is 13.3. The summed E-state index contributed by atoms with van der Waals surface area (Å²) < 4.78 is 46.6. The molecule has 1 N–H and O–H groups in total. The predicted octanol–water partition coefficient (Wildman–Crippen LogP) is 5.19. The summed E-state index contributed by atoms with van der Waals surface area (Å²) in [5.41, 5.74) is 1.12. The topological polar surface area (TPSA) is 53.5 Å². The molecule has 0 bridgehead atoms. The fourth-order valence-corrected chi connectivity index (χ4v) is 3.66. The molecule has 0 amide bonds. The highest BCUT2D eigenvalue weighted by Gasteiger charge is 2.21. The van der Waals surface area contributed by atoms with Crippen LogP contribution in [0.25, 0.3) is 10.9 Å². The number of alkyl halides is 2. The maximum absolute atomic E-state index is 14.7. The summed E-state index contributed by atoms with van der Waals surface area (Å²) in [6.07, 6.45) is -2.88. The predicted molar refractivity (Wildman–Crippen MR) is 126 cm³/mol. The summed E-state index contributed by atoms with van der Waals surface area (Å²) in [6, 6.07) is 7.20. The van der Waals surface area contributed by atoms with Gasteiger partial charge in [0.15, 0.2) is 0 Å². The first-order chi connectivity index (χ1) is 15.6. The lowest BCUT2D eigenvalue weighted by Gasteiger charge is -2.24. The van der Waals surface area contributed by atoms with Crippen molar-refractivity contribution >= 4 is 22.4 Å². The monoisotopic (exact) mass is 461 g/mol. The van der Waals surface area contributed by atoms with Crippen molar-refractivity contribution in [3.8, 4) is 5.75 Å². The SMILES string of the molecule is COc1cc2c(N[C@H](C)c3cccc(C(F)F)c3F)nc(C)nc2cc1N(C)CCN(C)C. The van der Waals surface area contributed by atoms with Crippen molar-refractivity contribution in [1.29, 1.82) is 0 Å². The van der Waals surface area contributed by atoms with Gasteiger partial charge in [0, 0.05) is 31.1 Å². The van der Waals surface area contributed by atoms with Gasteiger partial charge in [0.05, 0.1) is 29.9 Å². The van der Waals surface area contributed by atoms with Gasteiger partial charge < -0.3 is 19.9 Å². The Balaban J connectivity index is 2.01. The third-order valence-corrected chi connectivity index (χ3v) is 5.52. The lowest BCUT2D eigenvalue weighted by atomic mass is 10.0. The minimum atomic E-state index is -2.88. The van der Waals surface area contributed by atoms with Crippen molar-refractivity contribution in [2.24, 2.45) is 0 Å². The average Bonchev–Trinajstić information content (AvgIpc) is 2.76. The molecule has 0 fully saturated rings. The first-order valence-electron chi connectivity index (χ1n) is 10.7. The molecule has 178 valence electrons. The second-order valence-electron chi connectivity index (χ2n) is 8.30. The van der Waals surface area contributed by atoms with E-state index in [1.807, 2.05) is 33.3 Å². The quantitative estimate of drug-likeness (QED) is 0.473. The van der Waals surface area contributed by atoms with E-state index in [4.69, 9.17) is 4.74 Å². The second-order valence-corrected chi connectivity index (χ2v) is 8.30. The van der Waals surface area contributed by atoms with Gasteiger partial charge in [0.25, 0.3) is 6.43 Å². The number of ether oxygens (including phenoxy) is 1. The first kappa shape index (κ1) is 24.6. The van der Waals surface area contributed by atoms with Crippen LogP contribution < -0.4 is 15.0 Å². The Kier molecular flexibility index (Phi) is 7.63. The molecule has 33 heavy (non-hydrogen) atoms. The van der Waals surface area contributed by atoms with Crippen LogP contribution in [-0.4, -0.2) is 56.2 Å². The number of methoxy groups -OCH3 is 1. The zero-order chi connectivity index (χ0) is 24.3. The van der Waals surface area contributed by atoms with Gasteiger partial charge in [-0.15, -0.1) is 0 Å². The largest absolute Gasteiger partial charge is 0.495 e. The maximum atomic E-state index is 14.7. The molecule has 0 aliphatic heterocycles. The molecular formula is C24H30F3N5O. The van der Waals surface area contributed by atoms with Gasteiger partial charge in [0.1, 0.15) is 23.2 Å². The summed E-state index contributed by atoms with van der Waals surface area (Å²) in [5, 5.41) is 3.87. The van der Waals surface area contributed by atoms with Crippen molar-refractivity contribution in [3.63, 3.8) is 0 Å². The number of rotatable bonds is 9. The molecule has 2 aromatic carbocycles. The Labute approximate surface area is 192 Å². The Bertz CT molecular complexity index is 1120. The third-order valence-electron chi connectivity index (χ3n) is 5.52. The van der Waals surface area contributed by atoms with Crippen LogP contribution in [0.15, 0.2) is 30.3 Å². The first-order valence-corrected chi connectivity index (χ1v) is 10.7. The molecule has 1 atom stereocenters. The molecule has 0 aliphatic carbocycles. The van der Waals surface area contributed by atoms with Crippen LogP contribution in [0.2, 0.25) is 0 Å². The summed E-state index contributed by atoms with van der Waals surface area (Å²) in [5.74, 6) is 0.751. The van der Waals surface area contributed by atoms with Crippen LogP contribution in [-0.2, 0) is 0 Å². The van der Waals surface area contributed by atoms with Crippen LogP contribution in [0.3, 0.4) is 0 Å². The molecule has 0 spiro atoms. The Morgan fingerprint density at radius 3 is 2.39 bits per heavy atom. The molecular weight excluding hydrogens is 431 g/mol. The van der Waals surface area contributed by atoms with Crippen LogP contribution >= 0.6 is 0 Å². The summed E-state index contributed by atoms with van der Waals surface area (Å²) in [6.45, 7) is 5.14. The number of likely N-dealkylation sites (N-methyl/N-ethyl adjacent to an activating group) is 2. The number of aromatic nitrogens is 2. The highest BCUT2D eigenvalue weighted by atomic mass is 19.3. The lowest BCUT2D eigenvalue weighted by molar-refractivity contribution is 0.146. The van der Waals surface area contributed by atoms with Gasteiger partial charge in [-0.1, -0.05) is 18.2 Å². The normalized spacial score (nSPS) is 12.5. The molecule has 0 saturated carbocycles. The molecule has 9 heteroatoms. The number of benzene rings is 2. The molecule has 1 heterocycles. The molecule has 1 aromatic heterocycles. The number of halogens is 3. The molecule has 3 rings (SSSR count). The molecule has 3 aromatic rings. The van der Waals surface area contributed by atoms with E-state index in [0.29, 0.717) is 28.3 Å².